The number of nitrogens with zero attached hydrogens (tertiary/aromatic N) is 2. The van der Waals surface area contributed by atoms with Crippen molar-refractivity contribution in [3.8, 4) is 0 Å². The first kappa shape index (κ1) is 18.1. The van der Waals surface area contributed by atoms with Crippen molar-refractivity contribution in [3.05, 3.63) is 30.1 Å². The maximum absolute atomic E-state index is 13.4. The molecule has 0 bridgehead atoms. The average molecular weight is 352 g/mol. The van der Waals surface area contributed by atoms with E-state index in [1.165, 1.54) is 31.4 Å². The molecule has 1 atom stereocenters. The van der Waals surface area contributed by atoms with Crippen LogP contribution >= 0.6 is 0 Å². The molecule has 1 aliphatic carbocycles. The van der Waals surface area contributed by atoms with Gasteiger partial charge in [-0.25, -0.2) is 4.39 Å². The van der Waals surface area contributed by atoms with Crippen LogP contribution in [0.2, 0.25) is 5.54 Å². The van der Waals surface area contributed by atoms with Crippen LogP contribution in [0.3, 0.4) is 0 Å². The molecule has 0 radical (unpaired) electrons. The summed E-state index contributed by atoms with van der Waals surface area (Å²) in [5.41, 5.74) is 0.418. The van der Waals surface area contributed by atoms with Crippen LogP contribution in [0, 0.1) is 5.82 Å². The van der Waals surface area contributed by atoms with Crippen LogP contribution in [0.15, 0.2) is 24.3 Å². The van der Waals surface area contributed by atoms with Gasteiger partial charge in [0.25, 0.3) is 0 Å². The van der Waals surface area contributed by atoms with Crippen molar-refractivity contribution in [1.82, 2.24) is 4.90 Å². The summed E-state index contributed by atoms with van der Waals surface area (Å²) in [5, 5.41) is 1.02. The van der Waals surface area contributed by atoms with E-state index in [0.29, 0.717) is 5.54 Å². The van der Waals surface area contributed by atoms with E-state index in [2.05, 4.69) is 19.0 Å². The largest absolute Gasteiger partial charge is 0.426 e. The third-order valence-corrected chi connectivity index (χ3v) is 10.3. The van der Waals surface area contributed by atoms with Crippen LogP contribution in [0.5, 0.6) is 0 Å². The van der Waals surface area contributed by atoms with Gasteiger partial charge in [-0.2, -0.15) is 0 Å². The van der Waals surface area contributed by atoms with Crippen molar-refractivity contribution in [2.45, 2.75) is 37.6 Å². The number of quaternary nitrogens is 1. The smallest absolute Gasteiger partial charge is 0.237 e. The number of piperazine rings is 1. The SMILES string of the molecule is C[N+]1(C)CCN(C[Si](O)(c2ccc(F)cc2)C2CCCCC2)CC1. The van der Waals surface area contributed by atoms with E-state index in [9.17, 15) is 9.19 Å². The molecule has 2 aliphatic rings. The van der Waals surface area contributed by atoms with Gasteiger partial charge in [-0.1, -0.05) is 44.2 Å². The Morgan fingerprint density at radius 2 is 1.67 bits per heavy atom. The normalized spacial score (nSPS) is 25.3. The van der Waals surface area contributed by atoms with E-state index in [1.54, 1.807) is 0 Å². The molecule has 1 heterocycles. The predicted molar refractivity (Wildman–Crippen MR) is 99.1 cm³/mol. The predicted octanol–water partition coefficient (Wildman–Crippen LogP) is 2.24. The minimum atomic E-state index is -2.63. The number of likely N-dealkylation sites (N-methyl/N-ethyl adjacent to an activating group) is 1. The van der Waals surface area contributed by atoms with Crippen LogP contribution in [0.25, 0.3) is 0 Å². The second kappa shape index (κ2) is 7.24. The van der Waals surface area contributed by atoms with Gasteiger partial charge in [0, 0.05) is 19.3 Å². The first-order valence-electron chi connectivity index (χ1n) is 9.42. The Labute approximate surface area is 146 Å². The van der Waals surface area contributed by atoms with Gasteiger partial charge < -0.3 is 9.28 Å². The Bertz CT molecular complexity index is 535. The third-order valence-electron chi connectivity index (χ3n) is 6.13. The Morgan fingerprint density at radius 3 is 2.25 bits per heavy atom. The zero-order valence-electron chi connectivity index (χ0n) is 15.2. The highest BCUT2D eigenvalue weighted by atomic mass is 28.4. The molecule has 1 N–H and O–H groups in total. The molecule has 1 unspecified atom stereocenters. The molecule has 1 aromatic rings. The molecule has 1 aromatic carbocycles. The van der Waals surface area contributed by atoms with Gasteiger partial charge in [-0.05, 0) is 22.9 Å². The number of hydrogen-bond acceptors (Lipinski definition) is 2. The highest BCUT2D eigenvalue weighted by molar-refractivity contribution is 6.86. The molecule has 1 saturated heterocycles. The van der Waals surface area contributed by atoms with Gasteiger partial charge in [0.05, 0.1) is 27.2 Å². The molecule has 3 rings (SSSR count). The first-order valence-corrected chi connectivity index (χ1v) is 11.6. The molecule has 0 aromatic heterocycles. The maximum atomic E-state index is 13.4. The van der Waals surface area contributed by atoms with E-state index < -0.39 is 8.32 Å². The summed E-state index contributed by atoms with van der Waals surface area (Å²) in [6.45, 7) is 4.38. The average Bonchev–Trinajstić information content (AvgIpc) is 2.58. The van der Waals surface area contributed by atoms with Crippen molar-refractivity contribution >= 4 is 13.5 Å². The van der Waals surface area contributed by atoms with E-state index >= 15 is 0 Å². The molecule has 134 valence electrons. The number of hydrogen-bond donors (Lipinski definition) is 1. The summed E-state index contributed by atoms with van der Waals surface area (Å²) in [7, 11) is 1.93. The molecule has 24 heavy (non-hydrogen) atoms. The van der Waals surface area contributed by atoms with Crippen molar-refractivity contribution in [2.75, 3.05) is 46.4 Å². The zero-order valence-corrected chi connectivity index (χ0v) is 16.2. The minimum Gasteiger partial charge on any atom is -0.426 e. The Morgan fingerprint density at radius 1 is 1.08 bits per heavy atom. The summed E-state index contributed by atoms with van der Waals surface area (Å²) in [4.78, 5) is 14.3. The lowest BCUT2D eigenvalue weighted by Crippen LogP contribution is -2.64. The second-order valence-corrected chi connectivity index (χ2v) is 12.0. The van der Waals surface area contributed by atoms with E-state index in [-0.39, 0.29) is 5.82 Å². The summed E-state index contributed by atoms with van der Waals surface area (Å²) < 4.78 is 14.4. The highest BCUT2D eigenvalue weighted by Crippen LogP contribution is 2.36. The van der Waals surface area contributed by atoms with Crippen molar-refractivity contribution in [2.24, 2.45) is 0 Å². The van der Waals surface area contributed by atoms with Crippen molar-refractivity contribution in [1.29, 1.82) is 0 Å². The van der Waals surface area contributed by atoms with Gasteiger partial charge in [0.1, 0.15) is 5.82 Å². The standard InChI is InChI=1S/C19H32FN2OSi/c1-22(2)14-12-21(13-15-22)16-24(23,18-6-4-3-5-7-18)19-10-8-17(20)9-11-19/h8-11,18,23H,3-7,12-16H2,1-2H3/q+1. The summed E-state index contributed by atoms with van der Waals surface area (Å²) in [6, 6.07) is 6.74. The lowest BCUT2D eigenvalue weighted by atomic mass is 10.0. The fourth-order valence-corrected chi connectivity index (χ4v) is 8.34. The molecule has 2 fully saturated rings. The van der Waals surface area contributed by atoms with Crippen LogP contribution < -0.4 is 5.19 Å². The molecule has 5 heteroatoms. The van der Waals surface area contributed by atoms with Gasteiger partial charge in [0.2, 0.25) is 8.32 Å². The molecule has 0 amide bonds. The van der Waals surface area contributed by atoms with Gasteiger partial charge in [0.15, 0.2) is 0 Å². The first-order chi connectivity index (χ1) is 11.4. The second-order valence-electron chi connectivity index (χ2n) is 8.43. The minimum absolute atomic E-state index is 0.212. The van der Waals surface area contributed by atoms with E-state index in [4.69, 9.17) is 0 Å². The number of halogens is 1. The van der Waals surface area contributed by atoms with E-state index in [0.717, 1.165) is 54.9 Å². The van der Waals surface area contributed by atoms with Gasteiger partial charge in [-0.15, -0.1) is 0 Å². The topological polar surface area (TPSA) is 23.5 Å². The fraction of sp³-hybridized carbons (Fsp3) is 0.684. The Kier molecular flexibility index (Phi) is 5.44. The van der Waals surface area contributed by atoms with E-state index in [1.807, 2.05) is 12.1 Å². The lowest BCUT2D eigenvalue weighted by molar-refractivity contribution is -0.894. The number of benzene rings is 1. The van der Waals surface area contributed by atoms with Crippen molar-refractivity contribution < 1.29 is 13.7 Å². The molecular weight excluding hydrogens is 319 g/mol. The summed E-state index contributed by atoms with van der Waals surface area (Å²) >= 11 is 0. The maximum Gasteiger partial charge on any atom is 0.237 e. The van der Waals surface area contributed by atoms with Crippen LogP contribution in [0.1, 0.15) is 32.1 Å². The quantitative estimate of drug-likeness (QED) is 0.664. The molecular formula is C19H32FN2OSi+. The van der Waals surface area contributed by atoms with Crippen LogP contribution in [0.4, 0.5) is 4.39 Å². The zero-order chi connectivity index (χ0) is 17.2. The Hall–Kier alpha value is -0.753. The summed E-state index contributed by atoms with van der Waals surface area (Å²) in [5.74, 6) is -0.212. The van der Waals surface area contributed by atoms with Crippen LogP contribution in [-0.2, 0) is 0 Å². The summed E-state index contributed by atoms with van der Waals surface area (Å²) in [6.07, 6.45) is 6.82. The molecule has 1 aliphatic heterocycles. The third kappa shape index (κ3) is 4.07. The molecule has 3 nitrogen and oxygen atoms in total. The molecule has 1 saturated carbocycles. The van der Waals surface area contributed by atoms with Gasteiger partial charge in [-0.3, -0.25) is 4.90 Å². The number of rotatable bonds is 4. The van der Waals surface area contributed by atoms with Gasteiger partial charge >= 0.3 is 0 Å². The Balaban J connectivity index is 1.80. The van der Waals surface area contributed by atoms with Crippen molar-refractivity contribution in [3.63, 3.8) is 0 Å². The van der Waals surface area contributed by atoms with Crippen LogP contribution in [-0.4, -0.2) is 68.9 Å². The fourth-order valence-electron chi connectivity index (χ4n) is 4.32. The lowest BCUT2D eigenvalue weighted by Gasteiger charge is -2.44. The highest BCUT2D eigenvalue weighted by Gasteiger charge is 2.44. The molecule has 0 spiro atoms. The monoisotopic (exact) mass is 351 g/mol.